The largest absolute Gasteiger partial charge is 0.372 e. The standard InChI is InChI=1S/C18H23N3O2/c1-12-5-6-13(2)17(7-12)20-9-16(8-19)18(22)21-10-14(3)23-15(4)11-21/h5-7,9,14-15,20H,10-11H2,1-4H3/b16-9-. The minimum absolute atomic E-state index is 0.0189. The Bertz CT molecular complexity index is 651. The Balaban J connectivity index is 2.14. The van der Waals surface area contributed by atoms with Crippen LogP contribution >= 0.6 is 0 Å². The molecule has 1 aliphatic heterocycles. The summed E-state index contributed by atoms with van der Waals surface area (Å²) in [6.07, 6.45) is 1.46. The lowest BCUT2D eigenvalue weighted by Gasteiger charge is -2.35. The molecule has 2 rings (SSSR count). The van der Waals surface area contributed by atoms with Crippen LogP contribution in [0.4, 0.5) is 5.69 Å². The van der Waals surface area contributed by atoms with Gasteiger partial charge in [-0.15, -0.1) is 0 Å². The van der Waals surface area contributed by atoms with Crippen molar-refractivity contribution in [3.05, 3.63) is 41.1 Å². The molecular formula is C18H23N3O2. The van der Waals surface area contributed by atoms with E-state index in [0.717, 1.165) is 16.8 Å². The highest BCUT2D eigenvalue weighted by atomic mass is 16.5. The zero-order valence-electron chi connectivity index (χ0n) is 14.1. The van der Waals surface area contributed by atoms with Crippen LogP contribution in [0.25, 0.3) is 0 Å². The molecule has 0 bridgehead atoms. The Morgan fingerprint density at radius 2 is 2.00 bits per heavy atom. The molecule has 2 unspecified atom stereocenters. The van der Waals surface area contributed by atoms with E-state index < -0.39 is 0 Å². The Kier molecular flexibility index (Phi) is 5.41. The maximum Gasteiger partial charge on any atom is 0.266 e. The highest BCUT2D eigenvalue weighted by molar-refractivity contribution is 5.97. The molecule has 1 heterocycles. The van der Waals surface area contributed by atoms with Gasteiger partial charge in [-0.25, -0.2) is 0 Å². The first-order chi connectivity index (χ1) is 10.9. The molecule has 5 nitrogen and oxygen atoms in total. The summed E-state index contributed by atoms with van der Waals surface area (Å²) >= 11 is 0. The summed E-state index contributed by atoms with van der Waals surface area (Å²) in [5.41, 5.74) is 3.18. The highest BCUT2D eigenvalue weighted by Crippen LogP contribution is 2.18. The lowest BCUT2D eigenvalue weighted by atomic mass is 10.1. The summed E-state index contributed by atoms with van der Waals surface area (Å²) in [5.74, 6) is -0.257. The molecule has 1 aromatic rings. The molecule has 1 aromatic carbocycles. The number of nitriles is 1. The van der Waals surface area contributed by atoms with Gasteiger partial charge in [0.2, 0.25) is 0 Å². The van der Waals surface area contributed by atoms with Gasteiger partial charge in [0.15, 0.2) is 0 Å². The van der Waals surface area contributed by atoms with Crippen LogP contribution in [0.3, 0.4) is 0 Å². The third-order valence-electron chi connectivity index (χ3n) is 3.82. The molecule has 2 atom stereocenters. The van der Waals surface area contributed by atoms with Crippen LogP contribution < -0.4 is 5.32 Å². The predicted molar refractivity (Wildman–Crippen MR) is 89.8 cm³/mol. The molecule has 122 valence electrons. The number of anilines is 1. The molecule has 1 amide bonds. The van der Waals surface area contributed by atoms with Gasteiger partial charge in [0.25, 0.3) is 5.91 Å². The van der Waals surface area contributed by atoms with Crippen LogP contribution in [0, 0.1) is 25.2 Å². The van der Waals surface area contributed by atoms with Crippen molar-refractivity contribution in [1.82, 2.24) is 4.90 Å². The zero-order chi connectivity index (χ0) is 17.0. The molecule has 1 fully saturated rings. The summed E-state index contributed by atoms with van der Waals surface area (Å²) in [5, 5.41) is 12.4. The number of hydrogen-bond acceptors (Lipinski definition) is 4. The molecular weight excluding hydrogens is 290 g/mol. The second-order valence-electron chi connectivity index (χ2n) is 6.10. The van der Waals surface area contributed by atoms with Crippen molar-refractivity contribution >= 4 is 11.6 Å². The number of aryl methyl sites for hydroxylation is 2. The van der Waals surface area contributed by atoms with E-state index in [4.69, 9.17) is 4.74 Å². The number of amides is 1. The Hall–Kier alpha value is -2.32. The number of benzene rings is 1. The summed E-state index contributed by atoms with van der Waals surface area (Å²) in [7, 11) is 0. The maximum absolute atomic E-state index is 12.5. The van der Waals surface area contributed by atoms with Crippen molar-refractivity contribution in [2.24, 2.45) is 0 Å². The minimum atomic E-state index is -0.257. The smallest absolute Gasteiger partial charge is 0.266 e. The first kappa shape index (κ1) is 17.0. The van der Waals surface area contributed by atoms with Crippen LogP contribution in [0.2, 0.25) is 0 Å². The van der Waals surface area contributed by atoms with Crippen molar-refractivity contribution in [3.63, 3.8) is 0 Å². The predicted octanol–water partition coefficient (Wildman–Crippen LogP) is 2.76. The number of ether oxygens (including phenoxy) is 1. The first-order valence-electron chi connectivity index (χ1n) is 7.79. The van der Waals surface area contributed by atoms with Gasteiger partial charge >= 0.3 is 0 Å². The van der Waals surface area contributed by atoms with Crippen LogP contribution in [-0.4, -0.2) is 36.1 Å². The van der Waals surface area contributed by atoms with Gasteiger partial charge in [-0.1, -0.05) is 12.1 Å². The van der Waals surface area contributed by atoms with Crippen LogP contribution in [0.15, 0.2) is 30.0 Å². The summed E-state index contributed by atoms with van der Waals surface area (Å²) in [4.78, 5) is 14.2. The van der Waals surface area contributed by atoms with Gasteiger partial charge in [-0.2, -0.15) is 5.26 Å². The lowest BCUT2D eigenvalue weighted by Crippen LogP contribution is -2.48. The van der Waals surface area contributed by atoms with E-state index in [-0.39, 0.29) is 23.7 Å². The number of nitrogens with zero attached hydrogens (tertiary/aromatic N) is 2. The fourth-order valence-electron chi connectivity index (χ4n) is 2.70. The number of hydrogen-bond donors (Lipinski definition) is 1. The Morgan fingerprint density at radius 1 is 1.35 bits per heavy atom. The molecule has 23 heavy (non-hydrogen) atoms. The fourth-order valence-corrected chi connectivity index (χ4v) is 2.70. The van der Waals surface area contributed by atoms with Gasteiger partial charge in [0.1, 0.15) is 11.6 Å². The summed E-state index contributed by atoms with van der Waals surface area (Å²) in [6.45, 7) is 8.85. The highest BCUT2D eigenvalue weighted by Gasteiger charge is 2.27. The maximum atomic E-state index is 12.5. The van der Waals surface area contributed by atoms with E-state index in [1.54, 1.807) is 4.90 Å². The number of carbonyl (C=O) groups is 1. The van der Waals surface area contributed by atoms with Crippen LogP contribution in [0.1, 0.15) is 25.0 Å². The van der Waals surface area contributed by atoms with E-state index in [9.17, 15) is 10.1 Å². The van der Waals surface area contributed by atoms with Crippen molar-refractivity contribution in [1.29, 1.82) is 5.26 Å². The van der Waals surface area contributed by atoms with E-state index in [0.29, 0.717) is 13.1 Å². The molecule has 1 aliphatic rings. The average Bonchev–Trinajstić information content (AvgIpc) is 2.50. The van der Waals surface area contributed by atoms with Gasteiger partial charge in [0, 0.05) is 25.0 Å². The average molecular weight is 313 g/mol. The second-order valence-corrected chi connectivity index (χ2v) is 6.10. The van der Waals surface area contributed by atoms with E-state index in [1.165, 1.54) is 6.20 Å². The third kappa shape index (κ3) is 4.33. The Morgan fingerprint density at radius 3 is 2.61 bits per heavy atom. The van der Waals surface area contributed by atoms with E-state index in [1.807, 2.05) is 52.0 Å². The van der Waals surface area contributed by atoms with Crippen molar-refractivity contribution in [2.45, 2.75) is 39.9 Å². The van der Waals surface area contributed by atoms with E-state index in [2.05, 4.69) is 5.32 Å². The molecule has 0 aromatic heterocycles. The zero-order valence-corrected chi connectivity index (χ0v) is 14.1. The first-order valence-corrected chi connectivity index (χ1v) is 7.79. The minimum Gasteiger partial charge on any atom is -0.372 e. The lowest BCUT2D eigenvalue weighted by molar-refractivity contribution is -0.138. The summed E-state index contributed by atoms with van der Waals surface area (Å²) < 4.78 is 5.63. The van der Waals surface area contributed by atoms with Crippen LogP contribution in [-0.2, 0) is 9.53 Å². The molecule has 0 radical (unpaired) electrons. The van der Waals surface area contributed by atoms with Crippen molar-refractivity contribution in [3.8, 4) is 6.07 Å². The number of nitrogens with one attached hydrogen (secondary N) is 1. The number of rotatable bonds is 3. The molecule has 1 N–H and O–H groups in total. The van der Waals surface area contributed by atoms with Crippen molar-refractivity contribution in [2.75, 3.05) is 18.4 Å². The van der Waals surface area contributed by atoms with Gasteiger partial charge in [-0.05, 0) is 44.9 Å². The Labute approximate surface area is 137 Å². The molecule has 0 aliphatic carbocycles. The molecule has 1 saturated heterocycles. The van der Waals surface area contributed by atoms with Crippen molar-refractivity contribution < 1.29 is 9.53 Å². The number of carbonyl (C=O) groups excluding carboxylic acids is 1. The molecule has 0 spiro atoms. The normalized spacial score (nSPS) is 21.7. The van der Waals surface area contributed by atoms with E-state index >= 15 is 0 Å². The van der Waals surface area contributed by atoms with Gasteiger partial charge < -0.3 is 15.0 Å². The summed E-state index contributed by atoms with van der Waals surface area (Å²) in [6, 6.07) is 8.02. The SMILES string of the molecule is Cc1ccc(C)c(N/C=C(/C#N)C(=O)N2CC(C)OC(C)C2)c1. The van der Waals surface area contributed by atoms with Crippen LogP contribution in [0.5, 0.6) is 0 Å². The van der Waals surface area contributed by atoms with Gasteiger partial charge in [-0.3, -0.25) is 4.79 Å². The number of morpholine rings is 1. The fraction of sp³-hybridized carbons (Fsp3) is 0.444. The van der Waals surface area contributed by atoms with Gasteiger partial charge in [0.05, 0.1) is 12.2 Å². The second kappa shape index (κ2) is 7.30. The monoisotopic (exact) mass is 313 g/mol. The third-order valence-corrected chi connectivity index (χ3v) is 3.82. The quantitative estimate of drug-likeness (QED) is 0.688. The molecule has 0 saturated carbocycles. The molecule has 5 heteroatoms. The topological polar surface area (TPSA) is 65.4 Å².